The van der Waals surface area contributed by atoms with E-state index in [9.17, 15) is 22.8 Å². The summed E-state index contributed by atoms with van der Waals surface area (Å²) in [5.74, 6) is -3.28. The van der Waals surface area contributed by atoms with Crippen LogP contribution in [0.15, 0.2) is 42.5 Å². The van der Waals surface area contributed by atoms with Gasteiger partial charge in [-0.1, -0.05) is 6.07 Å². The first-order valence-corrected chi connectivity index (χ1v) is 6.90. The van der Waals surface area contributed by atoms with Crippen LogP contribution in [0, 0.1) is 17.5 Å². The summed E-state index contributed by atoms with van der Waals surface area (Å²) in [5.41, 5.74) is 0.373. The maximum absolute atomic E-state index is 13.4. The van der Waals surface area contributed by atoms with Crippen LogP contribution in [0.5, 0.6) is 0 Å². The molecule has 2 rings (SSSR count). The molecule has 1 unspecified atom stereocenters. The van der Waals surface area contributed by atoms with Gasteiger partial charge in [0.2, 0.25) is 5.91 Å². The third-order valence-corrected chi connectivity index (χ3v) is 3.16. The number of hydrogen-bond donors (Lipinski definition) is 3. The van der Waals surface area contributed by atoms with Crippen LogP contribution in [0.1, 0.15) is 11.6 Å². The molecular formula is C16H14F3N3O2. The average Bonchev–Trinajstić information content (AvgIpc) is 2.56. The molecule has 3 N–H and O–H groups in total. The zero-order valence-corrected chi connectivity index (χ0v) is 12.6. The fourth-order valence-corrected chi connectivity index (χ4v) is 1.97. The van der Waals surface area contributed by atoms with Gasteiger partial charge in [0.15, 0.2) is 11.6 Å². The van der Waals surface area contributed by atoms with Gasteiger partial charge in [-0.25, -0.2) is 18.0 Å². The van der Waals surface area contributed by atoms with Gasteiger partial charge in [0.25, 0.3) is 0 Å². The van der Waals surface area contributed by atoms with Gasteiger partial charge in [-0.3, -0.25) is 4.79 Å². The van der Waals surface area contributed by atoms with Crippen molar-refractivity contribution in [2.24, 2.45) is 0 Å². The Morgan fingerprint density at radius 3 is 2.21 bits per heavy atom. The molecule has 5 nitrogen and oxygen atoms in total. The number of urea groups is 1. The fourth-order valence-electron chi connectivity index (χ4n) is 1.97. The van der Waals surface area contributed by atoms with E-state index in [4.69, 9.17) is 0 Å². The van der Waals surface area contributed by atoms with Crippen LogP contribution in [-0.2, 0) is 4.79 Å². The van der Waals surface area contributed by atoms with Crippen LogP contribution >= 0.6 is 0 Å². The number of hydrogen-bond acceptors (Lipinski definition) is 2. The number of rotatable bonds is 4. The number of carbonyl (C=O) groups is 2. The first kappa shape index (κ1) is 17.3. The van der Waals surface area contributed by atoms with Crippen molar-refractivity contribution in [3.8, 4) is 0 Å². The topological polar surface area (TPSA) is 70.2 Å². The summed E-state index contributed by atoms with van der Waals surface area (Å²) in [7, 11) is 1.34. The second kappa shape index (κ2) is 7.49. The van der Waals surface area contributed by atoms with Gasteiger partial charge < -0.3 is 16.0 Å². The standard InChI is InChI=1S/C16H14F3N3O2/c1-20-15(23)14(9-2-7-12(18)13(19)8-9)22-16(24)21-11-5-3-10(17)4-6-11/h2-8,14H,1H3,(H,20,23)(H2,21,22,24). The SMILES string of the molecule is CNC(=O)C(NC(=O)Nc1ccc(F)cc1)c1ccc(F)c(F)c1. The molecule has 0 aliphatic heterocycles. The van der Waals surface area contributed by atoms with E-state index in [0.29, 0.717) is 5.69 Å². The monoisotopic (exact) mass is 337 g/mol. The van der Waals surface area contributed by atoms with E-state index in [1.54, 1.807) is 0 Å². The summed E-state index contributed by atoms with van der Waals surface area (Å²) in [5, 5.41) is 7.09. The molecule has 0 saturated carbocycles. The van der Waals surface area contributed by atoms with E-state index in [2.05, 4.69) is 16.0 Å². The summed E-state index contributed by atoms with van der Waals surface area (Å²) < 4.78 is 39.2. The van der Waals surface area contributed by atoms with Crippen LogP contribution < -0.4 is 16.0 Å². The van der Waals surface area contributed by atoms with Gasteiger partial charge in [0.1, 0.15) is 11.9 Å². The van der Waals surface area contributed by atoms with Gasteiger partial charge in [0.05, 0.1) is 0 Å². The lowest BCUT2D eigenvalue weighted by atomic mass is 10.1. The molecule has 0 spiro atoms. The second-order valence-electron chi connectivity index (χ2n) is 4.83. The van der Waals surface area contributed by atoms with Gasteiger partial charge in [0, 0.05) is 12.7 Å². The highest BCUT2D eigenvalue weighted by Gasteiger charge is 2.23. The molecule has 0 fully saturated rings. The zero-order valence-electron chi connectivity index (χ0n) is 12.6. The average molecular weight is 337 g/mol. The van der Waals surface area contributed by atoms with E-state index >= 15 is 0 Å². The van der Waals surface area contributed by atoms with E-state index in [1.807, 2.05) is 0 Å². The highest BCUT2D eigenvalue weighted by molar-refractivity contribution is 5.94. The Kier molecular flexibility index (Phi) is 5.41. The molecule has 0 radical (unpaired) electrons. The molecule has 2 aromatic rings. The van der Waals surface area contributed by atoms with Gasteiger partial charge in [-0.2, -0.15) is 0 Å². The van der Waals surface area contributed by atoms with Crippen molar-refractivity contribution < 1.29 is 22.8 Å². The molecule has 0 bridgehead atoms. The lowest BCUT2D eigenvalue weighted by Gasteiger charge is -2.18. The first-order chi connectivity index (χ1) is 11.4. The smallest absolute Gasteiger partial charge is 0.320 e. The van der Waals surface area contributed by atoms with E-state index in [-0.39, 0.29) is 5.56 Å². The van der Waals surface area contributed by atoms with Gasteiger partial charge in [-0.05, 0) is 42.0 Å². The molecule has 0 aromatic heterocycles. The number of likely N-dealkylation sites (N-methyl/N-ethyl adjacent to an activating group) is 1. The summed E-state index contributed by atoms with van der Waals surface area (Å²) in [4.78, 5) is 23.9. The van der Waals surface area contributed by atoms with Crippen LogP contribution in [0.4, 0.5) is 23.7 Å². The summed E-state index contributed by atoms with van der Waals surface area (Å²) in [6.45, 7) is 0. The zero-order chi connectivity index (χ0) is 17.7. The number of benzene rings is 2. The third-order valence-electron chi connectivity index (χ3n) is 3.16. The van der Waals surface area contributed by atoms with E-state index in [0.717, 1.165) is 24.3 Å². The lowest BCUT2D eigenvalue weighted by molar-refractivity contribution is -0.122. The molecule has 0 aliphatic rings. The number of anilines is 1. The molecule has 3 amide bonds. The molecule has 0 aliphatic carbocycles. The minimum absolute atomic E-state index is 0.0718. The molecule has 1 atom stereocenters. The Labute approximate surface area is 135 Å². The van der Waals surface area contributed by atoms with Crippen molar-refractivity contribution in [2.45, 2.75) is 6.04 Å². The van der Waals surface area contributed by atoms with E-state index < -0.39 is 35.4 Å². The molecule has 0 heterocycles. The predicted octanol–water partition coefficient (Wildman–Crippen LogP) is 2.71. The normalized spacial score (nSPS) is 11.5. The predicted molar refractivity (Wildman–Crippen MR) is 81.7 cm³/mol. The summed E-state index contributed by atoms with van der Waals surface area (Å²) in [6.07, 6.45) is 0. The minimum atomic E-state index is -1.23. The van der Waals surface area contributed by atoms with Crippen LogP contribution in [0.2, 0.25) is 0 Å². The Morgan fingerprint density at radius 2 is 1.62 bits per heavy atom. The molecule has 8 heteroatoms. The quantitative estimate of drug-likeness (QED) is 0.803. The number of carbonyl (C=O) groups excluding carboxylic acids is 2. The van der Waals surface area contributed by atoms with Crippen LogP contribution in [0.3, 0.4) is 0 Å². The van der Waals surface area contributed by atoms with E-state index in [1.165, 1.54) is 25.2 Å². The molecule has 0 saturated heterocycles. The molecule has 24 heavy (non-hydrogen) atoms. The molecule has 126 valence electrons. The largest absolute Gasteiger partial charge is 0.357 e. The maximum Gasteiger partial charge on any atom is 0.320 e. The number of amides is 3. The summed E-state index contributed by atoms with van der Waals surface area (Å²) in [6, 6.07) is 5.86. The van der Waals surface area contributed by atoms with Crippen molar-refractivity contribution in [3.63, 3.8) is 0 Å². The molecular weight excluding hydrogens is 323 g/mol. The Balaban J connectivity index is 2.16. The number of nitrogens with one attached hydrogen (secondary N) is 3. The van der Waals surface area contributed by atoms with Crippen molar-refractivity contribution in [3.05, 3.63) is 65.5 Å². The highest BCUT2D eigenvalue weighted by Crippen LogP contribution is 2.17. The first-order valence-electron chi connectivity index (χ1n) is 6.90. The maximum atomic E-state index is 13.4. The van der Waals surface area contributed by atoms with Crippen molar-refractivity contribution in [1.82, 2.24) is 10.6 Å². The Hall–Kier alpha value is -3.03. The lowest BCUT2D eigenvalue weighted by Crippen LogP contribution is -2.41. The van der Waals surface area contributed by atoms with Crippen LogP contribution in [-0.4, -0.2) is 19.0 Å². The van der Waals surface area contributed by atoms with Crippen molar-refractivity contribution >= 4 is 17.6 Å². The Morgan fingerprint density at radius 1 is 0.958 bits per heavy atom. The van der Waals surface area contributed by atoms with Crippen LogP contribution in [0.25, 0.3) is 0 Å². The third kappa shape index (κ3) is 4.25. The summed E-state index contributed by atoms with van der Waals surface area (Å²) >= 11 is 0. The van der Waals surface area contributed by atoms with Crippen molar-refractivity contribution in [2.75, 3.05) is 12.4 Å². The molecule has 2 aromatic carbocycles. The second-order valence-corrected chi connectivity index (χ2v) is 4.83. The van der Waals surface area contributed by atoms with Gasteiger partial charge >= 0.3 is 6.03 Å². The minimum Gasteiger partial charge on any atom is -0.357 e. The van der Waals surface area contributed by atoms with Gasteiger partial charge in [-0.15, -0.1) is 0 Å². The fraction of sp³-hybridized carbons (Fsp3) is 0.125. The van der Waals surface area contributed by atoms with Crippen molar-refractivity contribution in [1.29, 1.82) is 0 Å². The Bertz CT molecular complexity index is 751. The number of halogens is 3. The highest BCUT2D eigenvalue weighted by atomic mass is 19.2.